The van der Waals surface area contributed by atoms with E-state index in [2.05, 4.69) is 0 Å². The molecule has 0 saturated carbocycles. The lowest BCUT2D eigenvalue weighted by molar-refractivity contribution is -0.157. The standard InChI is InChI=1S/C23H24O9/c1-26-19-9-14(10-20-21(19)32-12-31-20)7-16(23(25)28-3)15(22(24)27-2)6-13-4-5-17-18(8-13)30-11-29-17/h4-5,8-10,15-16H,6-7,11-12H2,1-3H3. The molecule has 2 aromatic rings. The lowest BCUT2D eigenvalue weighted by Crippen LogP contribution is -2.34. The molecule has 0 aliphatic carbocycles. The molecule has 0 amide bonds. The number of benzene rings is 2. The van der Waals surface area contributed by atoms with Gasteiger partial charge in [0.25, 0.3) is 0 Å². The van der Waals surface area contributed by atoms with Crippen LogP contribution in [0.4, 0.5) is 0 Å². The molecule has 2 atom stereocenters. The van der Waals surface area contributed by atoms with E-state index in [1.807, 2.05) is 6.07 Å². The molecule has 0 fully saturated rings. The number of hydrogen-bond donors (Lipinski definition) is 0. The maximum atomic E-state index is 12.8. The van der Waals surface area contributed by atoms with E-state index in [4.69, 9.17) is 33.2 Å². The summed E-state index contributed by atoms with van der Waals surface area (Å²) in [6, 6.07) is 8.95. The van der Waals surface area contributed by atoms with Gasteiger partial charge < -0.3 is 33.2 Å². The minimum absolute atomic E-state index is 0.0878. The molecule has 4 rings (SSSR count). The third-order valence-electron chi connectivity index (χ3n) is 5.56. The number of carbonyl (C=O) groups is 2. The molecule has 2 heterocycles. The quantitative estimate of drug-likeness (QED) is 0.569. The zero-order valence-electron chi connectivity index (χ0n) is 18.0. The molecule has 0 bridgehead atoms. The Balaban J connectivity index is 1.64. The summed E-state index contributed by atoms with van der Waals surface area (Å²) in [6.45, 7) is 0.237. The molecule has 2 aromatic carbocycles. The zero-order valence-corrected chi connectivity index (χ0v) is 18.0. The Kier molecular flexibility index (Phi) is 6.25. The third kappa shape index (κ3) is 4.23. The smallest absolute Gasteiger partial charge is 0.309 e. The van der Waals surface area contributed by atoms with Crippen LogP contribution < -0.4 is 23.7 Å². The first kappa shape index (κ1) is 21.6. The third-order valence-corrected chi connectivity index (χ3v) is 5.56. The van der Waals surface area contributed by atoms with Crippen molar-refractivity contribution in [3.8, 4) is 28.7 Å². The Morgan fingerprint density at radius 3 is 2.06 bits per heavy atom. The van der Waals surface area contributed by atoms with Crippen molar-refractivity contribution < 1.29 is 42.7 Å². The van der Waals surface area contributed by atoms with Gasteiger partial charge in [-0.05, 0) is 48.2 Å². The van der Waals surface area contributed by atoms with Gasteiger partial charge in [-0.1, -0.05) is 6.07 Å². The van der Waals surface area contributed by atoms with Crippen molar-refractivity contribution in [3.63, 3.8) is 0 Å². The van der Waals surface area contributed by atoms with Crippen LogP contribution in [0.15, 0.2) is 30.3 Å². The summed E-state index contributed by atoms with van der Waals surface area (Å²) >= 11 is 0. The van der Waals surface area contributed by atoms with Crippen LogP contribution in [-0.4, -0.2) is 46.9 Å². The van der Waals surface area contributed by atoms with E-state index in [9.17, 15) is 9.59 Å². The topological polar surface area (TPSA) is 98.8 Å². The number of ether oxygens (including phenoxy) is 7. The van der Waals surface area contributed by atoms with Crippen molar-refractivity contribution in [1.29, 1.82) is 0 Å². The normalized spacial score (nSPS) is 15.1. The van der Waals surface area contributed by atoms with Gasteiger partial charge in [0.05, 0.1) is 33.2 Å². The minimum atomic E-state index is -0.803. The Morgan fingerprint density at radius 1 is 0.781 bits per heavy atom. The molecule has 0 radical (unpaired) electrons. The van der Waals surface area contributed by atoms with E-state index in [-0.39, 0.29) is 26.4 Å². The van der Waals surface area contributed by atoms with E-state index >= 15 is 0 Å². The molecular weight excluding hydrogens is 420 g/mol. The number of rotatable bonds is 8. The van der Waals surface area contributed by atoms with Crippen LogP contribution in [-0.2, 0) is 31.9 Å². The minimum Gasteiger partial charge on any atom is -0.493 e. The second kappa shape index (κ2) is 9.25. The van der Waals surface area contributed by atoms with Crippen molar-refractivity contribution in [3.05, 3.63) is 41.5 Å². The predicted octanol–water partition coefficient (Wildman–Crippen LogP) is 2.52. The maximum Gasteiger partial charge on any atom is 0.309 e. The Labute approximate surface area is 185 Å². The lowest BCUT2D eigenvalue weighted by Gasteiger charge is -2.24. The molecule has 9 heteroatoms. The van der Waals surface area contributed by atoms with E-state index in [1.54, 1.807) is 24.3 Å². The molecule has 0 saturated heterocycles. The number of methoxy groups -OCH3 is 3. The molecule has 0 N–H and O–H groups in total. The first-order valence-electron chi connectivity index (χ1n) is 10.0. The van der Waals surface area contributed by atoms with Gasteiger partial charge in [0, 0.05) is 0 Å². The van der Waals surface area contributed by atoms with Gasteiger partial charge in [0.15, 0.2) is 23.0 Å². The highest BCUT2D eigenvalue weighted by molar-refractivity contribution is 5.82. The van der Waals surface area contributed by atoms with Crippen LogP contribution in [0.1, 0.15) is 11.1 Å². The fraction of sp³-hybridized carbons (Fsp3) is 0.391. The van der Waals surface area contributed by atoms with Crippen LogP contribution in [0.5, 0.6) is 28.7 Å². The van der Waals surface area contributed by atoms with Crippen molar-refractivity contribution in [1.82, 2.24) is 0 Å². The van der Waals surface area contributed by atoms with Gasteiger partial charge in [0.2, 0.25) is 19.3 Å². The van der Waals surface area contributed by atoms with Gasteiger partial charge in [0.1, 0.15) is 0 Å². The average Bonchev–Trinajstić information content (AvgIpc) is 3.48. The molecule has 32 heavy (non-hydrogen) atoms. The number of carbonyl (C=O) groups excluding carboxylic acids is 2. The first-order valence-corrected chi connectivity index (χ1v) is 10.0. The van der Waals surface area contributed by atoms with E-state index in [0.29, 0.717) is 28.7 Å². The van der Waals surface area contributed by atoms with Gasteiger partial charge in [-0.3, -0.25) is 9.59 Å². The second-order valence-corrected chi connectivity index (χ2v) is 7.39. The van der Waals surface area contributed by atoms with Gasteiger partial charge in [-0.15, -0.1) is 0 Å². The molecule has 170 valence electrons. The van der Waals surface area contributed by atoms with Crippen LogP contribution in [0.2, 0.25) is 0 Å². The monoisotopic (exact) mass is 444 g/mol. The molecule has 9 nitrogen and oxygen atoms in total. The summed E-state index contributed by atoms with van der Waals surface area (Å²) in [6.07, 6.45) is 0.467. The first-order chi connectivity index (χ1) is 15.5. The average molecular weight is 444 g/mol. The maximum absolute atomic E-state index is 12.8. The van der Waals surface area contributed by atoms with Crippen LogP contribution in [0.3, 0.4) is 0 Å². The summed E-state index contributed by atoms with van der Waals surface area (Å²) in [7, 11) is 4.12. The van der Waals surface area contributed by atoms with Crippen molar-refractivity contribution >= 4 is 11.9 Å². The van der Waals surface area contributed by atoms with Crippen LogP contribution in [0.25, 0.3) is 0 Å². The van der Waals surface area contributed by atoms with E-state index in [1.165, 1.54) is 21.3 Å². The number of fused-ring (bicyclic) bond motifs is 2. The molecule has 0 spiro atoms. The molecule has 0 aromatic heterocycles. The van der Waals surface area contributed by atoms with Crippen molar-refractivity contribution in [2.45, 2.75) is 12.8 Å². The lowest BCUT2D eigenvalue weighted by atomic mass is 9.82. The highest BCUT2D eigenvalue weighted by atomic mass is 16.7. The SMILES string of the molecule is COC(=O)C(Cc1ccc2c(c1)OCO2)C(Cc1cc(OC)c2c(c1)OCO2)C(=O)OC. The van der Waals surface area contributed by atoms with Gasteiger partial charge in [-0.2, -0.15) is 0 Å². The fourth-order valence-corrected chi connectivity index (χ4v) is 3.96. The molecule has 2 aliphatic rings. The van der Waals surface area contributed by atoms with E-state index < -0.39 is 23.8 Å². The summed E-state index contributed by atoms with van der Waals surface area (Å²) in [4.78, 5) is 25.5. The Morgan fingerprint density at radius 2 is 1.38 bits per heavy atom. The van der Waals surface area contributed by atoms with Gasteiger partial charge in [-0.25, -0.2) is 0 Å². The van der Waals surface area contributed by atoms with Crippen molar-refractivity contribution in [2.75, 3.05) is 34.9 Å². The Bertz CT molecular complexity index is 1020. The molecular formula is C23H24O9. The van der Waals surface area contributed by atoms with Crippen molar-refractivity contribution in [2.24, 2.45) is 11.8 Å². The highest BCUT2D eigenvalue weighted by Gasteiger charge is 2.36. The fourth-order valence-electron chi connectivity index (χ4n) is 3.96. The summed E-state index contributed by atoms with van der Waals surface area (Å²) in [5, 5.41) is 0. The zero-order chi connectivity index (χ0) is 22.7. The largest absolute Gasteiger partial charge is 0.493 e. The summed E-state index contributed by atoms with van der Waals surface area (Å²) in [5.74, 6) is 0.144. The van der Waals surface area contributed by atoms with E-state index in [0.717, 1.165) is 11.1 Å². The van der Waals surface area contributed by atoms with Crippen LogP contribution >= 0.6 is 0 Å². The predicted molar refractivity (Wildman–Crippen MR) is 110 cm³/mol. The van der Waals surface area contributed by atoms with Crippen LogP contribution in [0, 0.1) is 11.8 Å². The Hall–Kier alpha value is -3.62. The number of esters is 2. The highest BCUT2D eigenvalue weighted by Crippen LogP contribution is 2.43. The molecule has 2 unspecified atom stereocenters. The summed E-state index contributed by atoms with van der Waals surface area (Å²) in [5.41, 5.74) is 1.54. The van der Waals surface area contributed by atoms with Gasteiger partial charge >= 0.3 is 11.9 Å². The molecule has 2 aliphatic heterocycles. The second-order valence-electron chi connectivity index (χ2n) is 7.39. The summed E-state index contributed by atoms with van der Waals surface area (Å²) < 4.78 is 37.2. The number of hydrogen-bond acceptors (Lipinski definition) is 9.